The predicted octanol–water partition coefficient (Wildman–Crippen LogP) is 0.965. The fourth-order valence-electron chi connectivity index (χ4n) is 0.791. The third kappa shape index (κ3) is 6.31. The Labute approximate surface area is 74.3 Å². The van der Waals surface area contributed by atoms with Crippen molar-refractivity contribution in [2.24, 2.45) is 11.7 Å². The number of carbonyl (C=O) groups is 1. The van der Waals surface area contributed by atoms with Gasteiger partial charge < -0.3 is 10.5 Å². The number of rotatable bonds is 6. The molecule has 2 N–H and O–H groups in total. The Hall–Kier alpha value is -0.410. The first-order chi connectivity index (χ1) is 5.56. The van der Waals surface area contributed by atoms with Crippen LogP contribution in [-0.4, -0.2) is 25.0 Å². The van der Waals surface area contributed by atoms with Crippen LogP contribution in [0.5, 0.6) is 0 Å². The zero-order valence-corrected chi connectivity index (χ0v) is 8.17. The first-order valence-corrected chi connectivity index (χ1v) is 4.39. The summed E-state index contributed by atoms with van der Waals surface area (Å²) in [6.45, 7) is 6.59. The molecule has 3 nitrogen and oxygen atoms in total. The molecule has 0 saturated heterocycles. The third-order valence-electron chi connectivity index (χ3n) is 1.56. The fraction of sp³-hybridized carbons (Fsp3) is 0.889. The monoisotopic (exact) mass is 173 g/mol. The maximum atomic E-state index is 11.1. The first-order valence-electron chi connectivity index (χ1n) is 4.39. The number of nitrogens with two attached hydrogens (primary N) is 1. The quantitative estimate of drug-likeness (QED) is 0.651. The van der Waals surface area contributed by atoms with Gasteiger partial charge in [0, 0.05) is 6.42 Å². The summed E-state index contributed by atoms with van der Waals surface area (Å²) in [5.41, 5.74) is 5.38. The van der Waals surface area contributed by atoms with E-state index in [2.05, 4.69) is 0 Å². The summed E-state index contributed by atoms with van der Waals surface area (Å²) < 4.78 is 5.16. The molecule has 0 fully saturated rings. The highest BCUT2D eigenvalue weighted by Gasteiger charge is 2.08. The lowest BCUT2D eigenvalue weighted by atomic mass is 10.1. The summed E-state index contributed by atoms with van der Waals surface area (Å²) in [5.74, 6) is 0.412. The Kier molecular flexibility index (Phi) is 5.93. The van der Waals surface area contributed by atoms with Crippen LogP contribution in [0.1, 0.15) is 27.2 Å². The van der Waals surface area contributed by atoms with Crippen molar-refractivity contribution in [2.45, 2.75) is 33.3 Å². The molecule has 72 valence electrons. The van der Waals surface area contributed by atoms with Gasteiger partial charge in [0.2, 0.25) is 0 Å². The summed E-state index contributed by atoms with van der Waals surface area (Å²) in [4.78, 5) is 11.1. The molecule has 0 bridgehead atoms. The molecule has 1 unspecified atom stereocenters. The van der Waals surface area contributed by atoms with E-state index in [4.69, 9.17) is 10.5 Å². The van der Waals surface area contributed by atoms with E-state index in [1.54, 1.807) is 0 Å². The molecule has 0 aromatic heterocycles. The zero-order valence-electron chi connectivity index (χ0n) is 8.17. The molecule has 0 saturated carbocycles. The van der Waals surface area contributed by atoms with E-state index in [9.17, 15) is 4.79 Å². The first kappa shape index (κ1) is 11.6. The number of ether oxygens (including phenoxy) is 1. The second-order valence-electron chi connectivity index (χ2n) is 3.44. The van der Waals surface area contributed by atoms with E-state index >= 15 is 0 Å². The van der Waals surface area contributed by atoms with Crippen LogP contribution in [0.3, 0.4) is 0 Å². The van der Waals surface area contributed by atoms with Gasteiger partial charge in [-0.2, -0.15) is 0 Å². The highest BCUT2D eigenvalue weighted by atomic mass is 16.5. The van der Waals surface area contributed by atoms with Crippen molar-refractivity contribution >= 4 is 5.78 Å². The number of hydrogen-bond acceptors (Lipinski definition) is 3. The van der Waals surface area contributed by atoms with Crippen molar-refractivity contribution in [3.05, 3.63) is 0 Å². The van der Waals surface area contributed by atoms with Gasteiger partial charge in [0.1, 0.15) is 6.61 Å². The third-order valence-corrected chi connectivity index (χ3v) is 1.56. The lowest BCUT2D eigenvalue weighted by Gasteiger charge is -2.09. The number of ketones is 1. The highest BCUT2D eigenvalue weighted by molar-refractivity contribution is 5.79. The van der Waals surface area contributed by atoms with Crippen LogP contribution >= 0.6 is 0 Å². The van der Waals surface area contributed by atoms with E-state index in [-0.39, 0.29) is 24.4 Å². The van der Waals surface area contributed by atoms with Crippen LogP contribution in [-0.2, 0) is 9.53 Å². The minimum Gasteiger partial charge on any atom is -0.371 e. The Morgan fingerprint density at radius 1 is 1.42 bits per heavy atom. The van der Waals surface area contributed by atoms with Gasteiger partial charge in [-0.1, -0.05) is 6.92 Å². The molecule has 0 aliphatic heterocycles. The Balaban J connectivity index is 3.46. The maximum absolute atomic E-state index is 11.1. The molecule has 0 aromatic rings. The SMILES string of the molecule is CC(CN)CC(=O)COC(C)C. The Morgan fingerprint density at radius 3 is 2.42 bits per heavy atom. The average Bonchev–Trinajstić information content (AvgIpc) is 2.00. The van der Waals surface area contributed by atoms with Crippen LogP contribution in [0.25, 0.3) is 0 Å². The molecule has 0 heterocycles. The molecule has 0 aromatic carbocycles. The van der Waals surface area contributed by atoms with Crippen LogP contribution in [0.2, 0.25) is 0 Å². The largest absolute Gasteiger partial charge is 0.371 e. The molecule has 3 heteroatoms. The second-order valence-corrected chi connectivity index (χ2v) is 3.44. The topological polar surface area (TPSA) is 52.3 Å². The molecule has 0 rings (SSSR count). The summed E-state index contributed by atoms with van der Waals surface area (Å²) in [6, 6.07) is 0. The number of hydrogen-bond donors (Lipinski definition) is 1. The molecule has 12 heavy (non-hydrogen) atoms. The van der Waals surface area contributed by atoms with Gasteiger partial charge in [-0.05, 0) is 26.3 Å². The minimum atomic E-state index is 0.127. The van der Waals surface area contributed by atoms with E-state index < -0.39 is 0 Å². The molecule has 0 radical (unpaired) electrons. The zero-order chi connectivity index (χ0) is 9.56. The van der Waals surface area contributed by atoms with Crippen LogP contribution < -0.4 is 5.73 Å². The molecular weight excluding hydrogens is 154 g/mol. The average molecular weight is 173 g/mol. The van der Waals surface area contributed by atoms with Crippen molar-refractivity contribution in [3.63, 3.8) is 0 Å². The summed E-state index contributed by atoms with van der Waals surface area (Å²) >= 11 is 0. The van der Waals surface area contributed by atoms with Crippen LogP contribution in [0.15, 0.2) is 0 Å². The molecule has 0 spiro atoms. The standard InChI is InChI=1S/C9H19NO2/c1-7(2)12-6-9(11)4-8(3)5-10/h7-8H,4-6,10H2,1-3H3. The van der Waals surface area contributed by atoms with Crippen molar-refractivity contribution in [1.29, 1.82) is 0 Å². The van der Waals surface area contributed by atoms with E-state index in [1.807, 2.05) is 20.8 Å². The Morgan fingerprint density at radius 2 is 2.00 bits per heavy atom. The lowest BCUT2D eigenvalue weighted by molar-refractivity contribution is -0.125. The van der Waals surface area contributed by atoms with Crippen LogP contribution in [0, 0.1) is 5.92 Å². The van der Waals surface area contributed by atoms with Crippen molar-refractivity contribution in [3.8, 4) is 0 Å². The normalized spacial score (nSPS) is 13.4. The van der Waals surface area contributed by atoms with E-state index in [1.165, 1.54) is 0 Å². The molecule has 0 aliphatic carbocycles. The summed E-state index contributed by atoms with van der Waals surface area (Å²) in [7, 11) is 0. The van der Waals surface area contributed by atoms with Gasteiger partial charge in [-0.3, -0.25) is 4.79 Å². The van der Waals surface area contributed by atoms with Crippen molar-refractivity contribution < 1.29 is 9.53 Å². The minimum absolute atomic E-state index is 0.127. The smallest absolute Gasteiger partial charge is 0.158 e. The number of Topliss-reactive ketones (excluding diaryl/α,β-unsaturated/α-hetero) is 1. The fourth-order valence-corrected chi connectivity index (χ4v) is 0.791. The van der Waals surface area contributed by atoms with Crippen molar-refractivity contribution in [1.82, 2.24) is 0 Å². The highest BCUT2D eigenvalue weighted by Crippen LogP contribution is 2.00. The van der Waals surface area contributed by atoms with Gasteiger partial charge in [0.15, 0.2) is 5.78 Å². The molecule has 1 atom stereocenters. The lowest BCUT2D eigenvalue weighted by Crippen LogP contribution is -2.19. The van der Waals surface area contributed by atoms with Crippen molar-refractivity contribution in [2.75, 3.05) is 13.2 Å². The van der Waals surface area contributed by atoms with Gasteiger partial charge in [-0.25, -0.2) is 0 Å². The predicted molar refractivity (Wildman–Crippen MR) is 48.9 cm³/mol. The molecule has 0 amide bonds. The van der Waals surface area contributed by atoms with Gasteiger partial charge >= 0.3 is 0 Å². The maximum Gasteiger partial charge on any atom is 0.158 e. The van der Waals surface area contributed by atoms with E-state index in [0.29, 0.717) is 13.0 Å². The Bertz CT molecular complexity index is 134. The molecular formula is C9H19NO2. The van der Waals surface area contributed by atoms with Crippen LogP contribution in [0.4, 0.5) is 0 Å². The summed E-state index contributed by atoms with van der Waals surface area (Å²) in [5, 5.41) is 0. The second kappa shape index (κ2) is 6.14. The summed E-state index contributed by atoms with van der Waals surface area (Å²) in [6.07, 6.45) is 0.658. The van der Waals surface area contributed by atoms with Gasteiger partial charge in [0.05, 0.1) is 6.10 Å². The van der Waals surface area contributed by atoms with E-state index in [0.717, 1.165) is 0 Å². The number of carbonyl (C=O) groups excluding carboxylic acids is 1. The molecule has 0 aliphatic rings. The van der Waals surface area contributed by atoms with Gasteiger partial charge in [-0.15, -0.1) is 0 Å². The van der Waals surface area contributed by atoms with Gasteiger partial charge in [0.25, 0.3) is 0 Å².